The molecule has 0 saturated carbocycles. The lowest BCUT2D eigenvalue weighted by Gasteiger charge is -2.16. The van der Waals surface area contributed by atoms with Gasteiger partial charge in [-0.3, -0.25) is 9.59 Å². The largest absolute Gasteiger partial charge is 0.493 e. The molecule has 166 valence electrons. The topological polar surface area (TPSA) is 95.1 Å². The molecule has 1 aliphatic heterocycles. The fraction of sp³-hybridized carbons (Fsp3) is 0.391. The predicted octanol–water partition coefficient (Wildman–Crippen LogP) is 3.24. The lowest BCUT2D eigenvalue weighted by molar-refractivity contribution is -0.128. The number of benzene rings is 2. The normalized spacial score (nSPS) is 16.4. The molecule has 2 aromatic carbocycles. The van der Waals surface area contributed by atoms with Crippen LogP contribution in [0.3, 0.4) is 0 Å². The zero-order chi connectivity index (χ0) is 22.1. The number of nitrogens with one attached hydrogen (secondary N) is 2. The van der Waals surface area contributed by atoms with Gasteiger partial charge >= 0.3 is 0 Å². The smallest absolute Gasteiger partial charge is 0.262 e. The minimum Gasteiger partial charge on any atom is -0.493 e. The molecule has 0 aromatic heterocycles. The number of amides is 2. The van der Waals surface area contributed by atoms with E-state index in [4.69, 9.17) is 18.9 Å². The van der Waals surface area contributed by atoms with Gasteiger partial charge in [-0.05, 0) is 50.1 Å². The van der Waals surface area contributed by atoms with Crippen molar-refractivity contribution in [3.05, 3.63) is 48.5 Å². The maximum Gasteiger partial charge on any atom is 0.262 e. The Morgan fingerprint density at radius 1 is 1.10 bits per heavy atom. The van der Waals surface area contributed by atoms with Crippen LogP contribution in [0.5, 0.6) is 11.5 Å². The van der Waals surface area contributed by atoms with Gasteiger partial charge in [0.25, 0.3) is 11.8 Å². The highest BCUT2D eigenvalue weighted by Gasteiger charge is 2.20. The third kappa shape index (κ3) is 6.97. The molecule has 1 aliphatic rings. The van der Waals surface area contributed by atoms with Crippen LogP contribution < -0.4 is 20.1 Å². The summed E-state index contributed by atoms with van der Waals surface area (Å²) in [4.78, 5) is 24.6. The summed E-state index contributed by atoms with van der Waals surface area (Å²) in [5.41, 5.74) is 1.10. The van der Waals surface area contributed by atoms with E-state index in [2.05, 4.69) is 10.6 Å². The van der Waals surface area contributed by atoms with Crippen LogP contribution in [0.15, 0.2) is 48.5 Å². The van der Waals surface area contributed by atoms with Gasteiger partial charge in [-0.25, -0.2) is 0 Å². The number of hydrogen-bond acceptors (Lipinski definition) is 6. The van der Waals surface area contributed by atoms with Crippen molar-refractivity contribution in [2.75, 3.05) is 37.6 Å². The van der Waals surface area contributed by atoms with Crippen LogP contribution in [0.4, 0.5) is 11.4 Å². The summed E-state index contributed by atoms with van der Waals surface area (Å²) in [6.07, 6.45) is 1.43. The molecule has 31 heavy (non-hydrogen) atoms. The number of methoxy groups -OCH3 is 1. The highest BCUT2D eigenvalue weighted by molar-refractivity contribution is 5.96. The molecule has 1 heterocycles. The monoisotopic (exact) mass is 428 g/mol. The molecule has 2 atom stereocenters. The fourth-order valence-electron chi connectivity index (χ4n) is 3.10. The number of ether oxygens (including phenoxy) is 4. The summed E-state index contributed by atoms with van der Waals surface area (Å²) in [6, 6.07) is 14.0. The van der Waals surface area contributed by atoms with Crippen LogP contribution in [0, 0.1) is 0 Å². The van der Waals surface area contributed by atoms with Gasteiger partial charge in [0.1, 0.15) is 6.10 Å². The van der Waals surface area contributed by atoms with Gasteiger partial charge in [0.2, 0.25) is 0 Å². The van der Waals surface area contributed by atoms with Gasteiger partial charge < -0.3 is 29.6 Å². The second kappa shape index (κ2) is 11.3. The zero-order valence-corrected chi connectivity index (χ0v) is 17.8. The summed E-state index contributed by atoms with van der Waals surface area (Å²) in [5, 5.41) is 5.55. The van der Waals surface area contributed by atoms with Crippen molar-refractivity contribution >= 4 is 23.2 Å². The number of carbonyl (C=O) groups is 2. The van der Waals surface area contributed by atoms with Crippen molar-refractivity contribution < 1.29 is 28.5 Å². The first-order chi connectivity index (χ1) is 15.0. The molecule has 8 heteroatoms. The molecule has 0 bridgehead atoms. The van der Waals surface area contributed by atoms with Gasteiger partial charge in [-0.1, -0.05) is 18.2 Å². The first kappa shape index (κ1) is 22.6. The van der Waals surface area contributed by atoms with Gasteiger partial charge in [0.05, 0.1) is 19.8 Å². The van der Waals surface area contributed by atoms with E-state index in [1.165, 1.54) is 7.11 Å². The molecule has 2 N–H and O–H groups in total. The SMILES string of the molecule is COc1ccccc1OCC(=O)Nc1cccc(NC(=O)C(C)OCC2CCCO2)c1. The molecule has 1 saturated heterocycles. The Balaban J connectivity index is 1.47. The number of rotatable bonds is 10. The van der Waals surface area contributed by atoms with Gasteiger partial charge in [0, 0.05) is 18.0 Å². The van der Waals surface area contributed by atoms with Crippen molar-refractivity contribution in [1.29, 1.82) is 0 Å². The average molecular weight is 428 g/mol. The van der Waals surface area contributed by atoms with Crippen molar-refractivity contribution in [3.8, 4) is 11.5 Å². The summed E-state index contributed by atoms with van der Waals surface area (Å²) in [5.74, 6) is 0.442. The number of carbonyl (C=O) groups excluding carboxylic acids is 2. The molecule has 0 aliphatic carbocycles. The van der Waals surface area contributed by atoms with Crippen LogP contribution >= 0.6 is 0 Å². The Morgan fingerprint density at radius 2 is 1.84 bits per heavy atom. The molecule has 2 amide bonds. The van der Waals surface area contributed by atoms with E-state index in [0.717, 1.165) is 19.4 Å². The highest BCUT2D eigenvalue weighted by atomic mass is 16.5. The first-order valence-corrected chi connectivity index (χ1v) is 10.2. The van der Waals surface area contributed by atoms with Crippen LogP contribution in [0.1, 0.15) is 19.8 Å². The number of hydrogen-bond donors (Lipinski definition) is 2. The second-order valence-corrected chi connectivity index (χ2v) is 7.17. The first-order valence-electron chi connectivity index (χ1n) is 10.2. The molecule has 8 nitrogen and oxygen atoms in total. The van der Waals surface area contributed by atoms with Crippen molar-refractivity contribution in [3.63, 3.8) is 0 Å². The summed E-state index contributed by atoms with van der Waals surface area (Å²) < 4.78 is 21.8. The van der Waals surface area contributed by atoms with E-state index < -0.39 is 6.10 Å². The van der Waals surface area contributed by atoms with E-state index in [1.807, 2.05) is 6.07 Å². The third-order valence-electron chi connectivity index (χ3n) is 4.77. The Hall–Kier alpha value is -3.10. The Bertz CT molecular complexity index is 882. The van der Waals surface area contributed by atoms with Crippen LogP contribution in [-0.4, -0.2) is 51.0 Å². The van der Waals surface area contributed by atoms with Crippen LogP contribution in [0.2, 0.25) is 0 Å². The van der Waals surface area contributed by atoms with E-state index in [1.54, 1.807) is 49.4 Å². The van der Waals surface area contributed by atoms with Crippen molar-refractivity contribution in [1.82, 2.24) is 0 Å². The Morgan fingerprint density at radius 3 is 2.55 bits per heavy atom. The van der Waals surface area contributed by atoms with E-state index in [9.17, 15) is 9.59 Å². The quantitative estimate of drug-likeness (QED) is 0.603. The molecule has 2 aromatic rings. The standard InChI is InChI=1S/C23H28N2O6/c1-16(30-14-19-9-6-12-29-19)23(27)25-18-8-5-7-17(13-18)24-22(26)15-31-21-11-4-3-10-20(21)28-2/h3-5,7-8,10-11,13,16,19H,6,9,12,14-15H2,1-2H3,(H,24,26)(H,25,27). The van der Waals surface area contributed by atoms with E-state index >= 15 is 0 Å². The molecule has 0 radical (unpaired) electrons. The fourth-order valence-corrected chi connectivity index (χ4v) is 3.10. The lowest BCUT2D eigenvalue weighted by Crippen LogP contribution is -2.30. The second-order valence-electron chi connectivity index (χ2n) is 7.17. The maximum atomic E-state index is 12.4. The summed E-state index contributed by atoms with van der Waals surface area (Å²) in [6.45, 7) is 2.67. The Kier molecular flexibility index (Phi) is 8.26. The van der Waals surface area contributed by atoms with Crippen LogP contribution in [0.25, 0.3) is 0 Å². The van der Waals surface area contributed by atoms with Gasteiger partial charge in [-0.2, -0.15) is 0 Å². The predicted molar refractivity (Wildman–Crippen MR) is 117 cm³/mol. The van der Waals surface area contributed by atoms with Crippen molar-refractivity contribution in [2.45, 2.75) is 32.0 Å². The van der Waals surface area contributed by atoms with Gasteiger partial charge in [-0.15, -0.1) is 0 Å². The lowest BCUT2D eigenvalue weighted by atomic mass is 10.2. The number of para-hydroxylation sites is 2. The van der Waals surface area contributed by atoms with Crippen molar-refractivity contribution in [2.24, 2.45) is 0 Å². The maximum absolute atomic E-state index is 12.4. The highest BCUT2D eigenvalue weighted by Crippen LogP contribution is 2.25. The zero-order valence-electron chi connectivity index (χ0n) is 17.8. The van der Waals surface area contributed by atoms with E-state index in [0.29, 0.717) is 29.5 Å². The van der Waals surface area contributed by atoms with Crippen LogP contribution in [-0.2, 0) is 19.1 Å². The minimum absolute atomic E-state index is 0.0619. The molecular weight excluding hydrogens is 400 g/mol. The number of anilines is 2. The van der Waals surface area contributed by atoms with E-state index in [-0.39, 0.29) is 24.5 Å². The molecule has 2 unspecified atom stereocenters. The van der Waals surface area contributed by atoms with Gasteiger partial charge in [0.15, 0.2) is 18.1 Å². The molecule has 0 spiro atoms. The molecule has 3 rings (SSSR count). The minimum atomic E-state index is -0.614. The summed E-state index contributed by atoms with van der Waals surface area (Å²) >= 11 is 0. The summed E-state index contributed by atoms with van der Waals surface area (Å²) in [7, 11) is 1.54. The average Bonchev–Trinajstić information content (AvgIpc) is 3.30. The molecule has 1 fully saturated rings. The molecular formula is C23H28N2O6. The Labute approximate surface area is 181 Å². The third-order valence-corrected chi connectivity index (χ3v) is 4.77.